The maximum Gasteiger partial charge on any atom is 0.250 e. The van der Waals surface area contributed by atoms with E-state index in [0.717, 1.165) is 57.7 Å². The van der Waals surface area contributed by atoms with Gasteiger partial charge >= 0.3 is 0 Å². The topological polar surface area (TPSA) is 78.8 Å². The molecule has 4 heterocycles. The van der Waals surface area contributed by atoms with Crippen LogP contribution in [0.2, 0.25) is 0 Å². The predicted octanol–water partition coefficient (Wildman–Crippen LogP) is 1.09. The van der Waals surface area contributed by atoms with Gasteiger partial charge in [-0.05, 0) is 44.8 Å². The highest BCUT2D eigenvalue weighted by Gasteiger charge is 2.45. The van der Waals surface area contributed by atoms with Crippen LogP contribution in [-0.4, -0.2) is 56.7 Å². The molecule has 0 saturated carbocycles. The number of piperidine rings is 2. The van der Waals surface area contributed by atoms with E-state index in [1.54, 1.807) is 12.4 Å². The number of nitrogens with one attached hydrogen (secondary N) is 2. The summed E-state index contributed by atoms with van der Waals surface area (Å²) in [6.45, 7) is 3.26. The number of hydrogen-bond acceptors (Lipinski definition) is 4. The third kappa shape index (κ3) is 2.62. The first-order valence-electron chi connectivity index (χ1n) is 8.79. The number of carbonyl (C=O) groups is 1. The van der Waals surface area contributed by atoms with Crippen LogP contribution in [0.25, 0.3) is 0 Å². The highest BCUT2D eigenvalue weighted by molar-refractivity contribution is 5.85. The summed E-state index contributed by atoms with van der Waals surface area (Å²) in [6.07, 6.45) is 11.0. The van der Waals surface area contributed by atoms with E-state index >= 15 is 0 Å². The van der Waals surface area contributed by atoms with E-state index in [2.05, 4.69) is 20.4 Å². The Hall–Kier alpha value is -2.15. The van der Waals surface area contributed by atoms with E-state index in [-0.39, 0.29) is 5.91 Å². The molecule has 2 fully saturated rings. The second kappa shape index (κ2) is 6.39. The van der Waals surface area contributed by atoms with Crippen LogP contribution in [0.1, 0.15) is 37.4 Å². The van der Waals surface area contributed by atoms with Crippen molar-refractivity contribution in [1.82, 2.24) is 30.0 Å². The summed E-state index contributed by atoms with van der Waals surface area (Å²) in [5.41, 5.74) is -0.542. The number of imidazole rings is 1. The van der Waals surface area contributed by atoms with Crippen molar-refractivity contribution in [1.29, 1.82) is 0 Å². The van der Waals surface area contributed by atoms with Crippen LogP contribution in [0.4, 0.5) is 0 Å². The monoisotopic (exact) mass is 328 g/mol. The largest absolute Gasteiger partial charge is 0.348 e. The van der Waals surface area contributed by atoms with Crippen molar-refractivity contribution in [3.8, 4) is 0 Å². The molecule has 24 heavy (non-hydrogen) atoms. The van der Waals surface area contributed by atoms with Gasteiger partial charge in [-0.1, -0.05) is 0 Å². The fourth-order valence-corrected chi connectivity index (χ4v) is 4.08. The van der Waals surface area contributed by atoms with E-state index < -0.39 is 5.54 Å². The lowest BCUT2D eigenvalue weighted by Gasteiger charge is -2.42. The molecule has 2 aromatic rings. The van der Waals surface area contributed by atoms with Crippen molar-refractivity contribution in [3.63, 3.8) is 0 Å². The quantitative estimate of drug-likeness (QED) is 0.884. The molecule has 1 unspecified atom stereocenters. The number of carbonyl (C=O) groups excluding carboxylic acids is 1. The Labute approximate surface area is 141 Å². The Bertz CT molecular complexity index is 659. The highest BCUT2D eigenvalue weighted by atomic mass is 16.2. The molecule has 7 nitrogen and oxygen atoms in total. The van der Waals surface area contributed by atoms with Crippen molar-refractivity contribution in [2.75, 3.05) is 26.2 Å². The summed E-state index contributed by atoms with van der Waals surface area (Å²) in [5.74, 6) is 1.50. The molecule has 0 spiro atoms. The Morgan fingerprint density at radius 1 is 1.29 bits per heavy atom. The molecule has 2 aliphatic rings. The van der Waals surface area contributed by atoms with Crippen molar-refractivity contribution >= 4 is 5.91 Å². The van der Waals surface area contributed by atoms with Gasteiger partial charge in [-0.25, -0.2) is 4.98 Å². The molecular weight excluding hydrogens is 304 g/mol. The molecular formula is C17H24N6O. The van der Waals surface area contributed by atoms with Crippen molar-refractivity contribution in [2.24, 2.45) is 0 Å². The fraction of sp³-hybridized carbons (Fsp3) is 0.588. The number of nitrogens with zero attached hydrogens (tertiary/aromatic N) is 4. The summed E-state index contributed by atoms with van der Waals surface area (Å²) in [5, 5.41) is 7.78. The number of likely N-dealkylation sites (tertiary alicyclic amines) is 1. The molecule has 1 amide bonds. The first kappa shape index (κ1) is 15.4. The van der Waals surface area contributed by atoms with Crippen LogP contribution in [0.3, 0.4) is 0 Å². The first-order valence-corrected chi connectivity index (χ1v) is 8.79. The molecule has 2 aliphatic heterocycles. The molecule has 1 atom stereocenters. The standard InChI is InChI=1S/C17H24N6O/c24-16(17(4-7-18-8-5-17)23-12-2-6-21-23)22-11-1-3-14(13-22)15-19-9-10-20-15/h2,6,9-10,12,14,18H,1,3-5,7-8,11,13H2,(H,19,20). The summed E-state index contributed by atoms with van der Waals surface area (Å²) < 4.78 is 1.88. The van der Waals surface area contributed by atoms with E-state index in [9.17, 15) is 4.79 Å². The first-order chi connectivity index (χ1) is 11.8. The smallest absolute Gasteiger partial charge is 0.250 e. The van der Waals surface area contributed by atoms with Gasteiger partial charge in [0.05, 0.1) is 0 Å². The van der Waals surface area contributed by atoms with E-state index in [1.807, 2.05) is 28.0 Å². The molecule has 7 heteroatoms. The van der Waals surface area contributed by atoms with Gasteiger partial charge in [0.25, 0.3) is 5.91 Å². The normalized spacial score (nSPS) is 24.0. The summed E-state index contributed by atoms with van der Waals surface area (Å²) >= 11 is 0. The molecule has 2 aromatic heterocycles. The van der Waals surface area contributed by atoms with Crippen molar-refractivity contribution < 1.29 is 4.79 Å². The minimum atomic E-state index is -0.542. The minimum absolute atomic E-state index is 0.212. The fourth-order valence-electron chi connectivity index (χ4n) is 4.08. The Balaban J connectivity index is 1.58. The second-order valence-corrected chi connectivity index (χ2v) is 6.80. The van der Waals surface area contributed by atoms with Crippen LogP contribution in [0.15, 0.2) is 30.9 Å². The number of amides is 1. The Morgan fingerprint density at radius 3 is 2.88 bits per heavy atom. The Morgan fingerprint density at radius 2 is 2.17 bits per heavy atom. The summed E-state index contributed by atoms with van der Waals surface area (Å²) in [4.78, 5) is 23.1. The zero-order valence-corrected chi connectivity index (χ0v) is 13.8. The van der Waals surface area contributed by atoms with Crippen LogP contribution in [0.5, 0.6) is 0 Å². The third-order valence-electron chi connectivity index (χ3n) is 5.39. The molecule has 0 radical (unpaired) electrons. The van der Waals surface area contributed by atoms with Gasteiger partial charge in [0.15, 0.2) is 0 Å². The zero-order valence-electron chi connectivity index (χ0n) is 13.8. The van der Waals surface area contributed by atoms with Gasteiger partial charge in [-0.2, -0.15) is 5.10 Å². The third-order valence-corrected chi connectivity index (χ3v) is 5.39. The molecule has 0 aromatic carbocycles. The molecule has 4 rings (SSSR count). The lowest BCUT2D eigenvalue weighted by molar-refractivity contribution is -0.144. The predicted molar refractivity (Wildman–Crippen MR) is 89.4 cm³/mol. The van der Waals surface area contributed by atoms with Gasteiger partial charge in [0.2, 0.25) is 0 Å². The number of aromatic amines is 1. The lowest BCUT2D eigenvalue weighted by atomic mass is 9.85. The van der Waals surface area contributed by atoms with E-state index in [4.69, 9.17) is 0 Å². The summed E-state index contributed by atoms with van der Waals surface area (Å²) in [6, 6.07) is 1.90. The van der Waals surface area contributed by atoms with Gasteiger partial charge in [-0.15, -0.1) is 0 Å². The van der Waals surface area contributed by atoms with Gasteiger partial charge in [-0.3, -0.25) is 9.48 Å². The average Bonchev–Trinajstić information content (AvgIpc) is 3.35. The Kier molecular flexibility index (Phi) is 4.10. The second-order valence-electron chi connectivity index (χ2n) is 6.80. The summed E-state index contributed by atoms with van der Waals surface area (Å²) in [7, 11) is 0. The van der Waals surface area contributed by atoms with Crippen molar-refractivity contribution in [2.45, 2.75) is 37.1 Å². The molecule has 2 saturated heterocycles. The van der Waals surface area contributed by atoms with Crippen LogP contribution in [-0.2, 0) is 10.3 Å². The highest BCUT2D eigenvalue weighted by Crippen LogP contribution is 2.32. The maximum atomic E-state index is 13.5. The molecule has 128 valence electrons. The number of rotatable bonds is 3. The van der Waals surface area contributed by atoms with E-state index in [0.29, 0.717) is 5.92 Å². The minimum Gasteiger partial charge on any atom is -0.348 e. The maximum absolute atomic E-state index is 13.5. The van der Waals surface area contributed by atoms with Gasteiger partial charge < -0.3 is 15.2 Å². The van der Waals surface area contributed by atoms with E-state index in [1.165, 1.54) is 0 Å². The van der Waals surface area contributed by atoms with Gasteiger partial charge in [0.1, 0.15) is 11.4 Å². The number of aromatic nitrogens is 4. The van der Waals surface area contributed by atoms with Crippen LogP contribution < -0.4 is 5.32 Å². The van der Waals surface area contributed by atoms with Crippen molar-refractivity contribution in [3.05, 3.63) is 36.7 Å². The molecule has 2 N–H and O–H groups in total. The zero-order chi connectivity index (χ0) is 16.4. The van der Waals surface area contributed by atoms with Crippen LogP contribution in [0, 0.1) is 0 Å². The number of H-pyrrole nitrogens is 1. The lowest BCUT2D eigenvalue weighted by Crippen LogP contribution is -2.57. The van der Waals surface area contributed by atoms with Crippen LogP contribution >= 0.6 is 0 Å². The molecule has 0 bridgehead atoms. The number of hydrogen-bond donors (Lipinski definition) is 2. The average molecular weight is 328 g/mol. The molecule has 0 aliphatic carbocycles. The SMILES string of the molecule is O=C(N1CCCC(c2ncc[nH]2)C1)C1(n2cccn2)CCNCC1. The van der Waals surface area contributed by atoms with Gasteiger partial charge in [0, 0.05) is 43.8 Å².